The van der Waals surface area contributed by atoms with Gasteiger partial charge in [-0.1, -0.05) is 5.92 Å². The summed E-state index contributed by atoms with van der Waals surface area (Å²) in [5.74, 6) is 1.19. The van der Waals surface area contributed by atoms with Gasteiger partial charge in [-0.05, 0) is 35.7 Å². The van der Waals surface area contributed by atoms with Crippen molar-refractivity contribution in [3.05, 3.63) is 22.4 Å². The highest BCUT2D eigenvalue weighted by atomic mass is 32.1. The van der Waals surface area contributed by atoms with Gasteiger partial charge >= 0.3 is 12.0 Å². The number of aliphatic carboxylic acids is 1. The molecule has 0 aliphatic rings. The van der Waals surface area contributed by atoms with Gasteiger partial charge in [0.2, 0.25) is 0 Å². The third-order valence-corrected chi connectivity index (χ3v) is 3.12. The monoisotopic (exact) mass is 280 g/mol. The molecular weight excluding hydrogens is 264 g/mol. The SMILES string of the molecule is C#CCN(CC(=O)O)C(=O)NC(C)Cc1ccsc1. The summed E-state index contributed by atoms with van der Waals surface area (Å²) in [6, 6.07) is 1.45. The first-order valence-corrected chi connectivity index (χ1v) is 6.69. The molecule has 0 saturated carbocycles. The second-order valence-corrected chi connectivity index (χ2v) is 4.92. The summed E-state index contributed by atoms with van der Waals surface area (Å²) >= 11 is 1.60. The molecule has 1 heterocycles. The van der Waals surface area contributed by atoms with Gasteiger partial charge in [-0.25, -0.2) is 4.79 Å². The van der Waals surface area contributed by atoms with Gasteiger partial charge in [0.15, 0.2) is 0 Å². The zero-order valence-electron chi connectivity index (χ0n) is 10.6. The Hall–Kier alpha value is -2.00. The summed E-state index contributed by atoms with van der Waals surface area (Å²) in [5, 5.41) is 15.4. The van der Waals surface area contributed by atoms with Crippen LogP contribution in [-0.2, 0) is 11.2 Å². The van der Waals surface area contributed by atoms with Crippen LogP contribution in [0.4, 0.5) is 4.79 Å². The molecule has 102 valence electrons. The van der Waals surface area contributed by atoms with Crippen molar-refractivity contribution in [1.82, 2.24) is 10.2 Å². The molecule has 2 amide bonds. The Labute approximate surface area is 116 Å². The number of urea groups is 1. The van der Waals surface area contributed by atoms with Crippen LogP contribution < -0.4 is 5.32 Å². The third-order valence-electron chi connectivity index (χ3n) is 2.39. The number of carbonyl (C=O) groups is 2. The van der Waals surface area contributed by atoms with Crippen molar-refractivity contribution in [2.75, 3.05) is 13.1 Å². The van der Waals surface area contributed by atoms with E-state index in [0.29, 0.717) is 6.42 Å². The maximum absolute atomic E-state index is 11.9. The lowest BCUT2D eigenvalue weighted by molar-refractivity contribution is -0.137. The number of hydrogen-bond donors (Lipinski definition) is 2. The van der Waals surface area contributed by atoms with Crippen LogP contribution in [0.15, 0.2) is 16.8 Å². The fourth-order valence-corrected chi connectivity index (χ4v) is 2.27. The standard InChI is InChI=1S/C13H16N2O3S/c1-3-5-15(8-12(16)17)13(18)14-10(2)7-11-4-6-19-9-11/h1,4,6,9-10H,5,7-8H2,2H3,(H,14,18)(H,16,17). The van der Waals surface area contributed by atoms with E-state index in [1.807, 2.05) is 23.8 Å². The molecule has 0 fully saturated rings. The molecule has 0 bridgehead atoms. The summed E-state index contributed by atoms with van der Waals surface area (Å²) in [6.07, 6.45) is 5.82. The lowest BCUT2D eigenvalue weighted by Crippen LogP contribution is -2.46. The second kappa shape index (κ2) is 7.44. The van der Waals surface area contributed by atoms with Gasteiger partial charge in [0.25, 0.3) is 0 Å². The molecule has 6 heteroatoms. The minimum Gasteiger partial charge on any atom is -0.480 e. The molecule has 1 unspecified atom stereocenters. The molecule has 0 aromatic carbocycles. The largest absolute Gasteiger partial charge is 0.480 e. The van der Waals surface area contributed by atoms with E-state index < -0.39 is 18.5 Å². The number of rotatable bonds is 6. The molecule has 1 aromatic heterocycles. The van der Waals surface area contributed by atoms with Crippen LogP contribution in [0.3, 0.4) is 0 Å². The molecule has 5 nitrogen and oxygen atoms in total. The smallest absolute Gasteiger partial charge is 0.323 e. The quantitative estimate of drug-likeness (QED) is 0.774. The summed E-state index contributed by atoms with van der Waals surface area (Å²) < 4.78 is 0. The van der Waals surface area contributed by atoms with Crippen molar-refractivity contribution >= 4 is 23.3 Å². The van der Waals surface area contributed by atoms with Crippen LogP contribution in [0.25, 0.3) is 0 Å². The van der Waals surface area contributed by atoms with E-state index >= 15 is 0 Å². The maximum atomic E-state index is 11.9. The predicted octanol–water partition coefficient (Wildman–Crippen LogP) is 1.41. The number of nitrogens with one attached hydrogen (secondary N) is 1. The van der Waals surface area contributed by atoms with E-state index in [9.17, 15) is 9.59 Å². The number of terminal acetylenes is 1. The van der Waals surface area contributed by atoms with Crippen LogP contribution in [0.2, 0.25) is 0 Å². The first kappa shape index (κ1) is 15.1. The van der Waals surface area contributed by atoms with Crippen molar-refractivity contribution in [3.63, 3.8) is 0 Å². The molecule has 0 radical (unpaired) electrons. The van der Waals surface area contributed by atoms with Crippen LogP contribution in [0.1, 0.15) is 12.5 Å². The molecule has 2 N–H and O–H groups in total. The second-order valence-electron chi connectivity index (χ2n) is 4.14. The molecule has 0 aliphatic heterocycles. The number of thiophene rings is 1. The minimum atomic E-state index is -1.09. The van der Waals surface area contributed by atoms with Gasteiger partial charge in [0, 0.05) is 6.04 Å². The maximum Gasteiger partial charge on any atom is 0.323 e. The topological polar surface area (TPSA) is 69.6 Å². The predicted molar refractivity (Wildman–Crippen MR) is 74.1 cm³/mol. The highest BCUT2D eigenvalue weighted by Gasteiger charge is 2.17. The lowest BCUT2D eigenvalue weighted by Gasteiger charge is -2.21. The number of nitrogens with zero attached hydrogens (tertiary/aromatic N) is 1. The van der Waals surface area contributed by atoms with Crippen molar-refractivity contribution < 1.29 is 14.7 Å². The zero-order valence-corrected chi connectivity index (χ0v) is 11.4. The van der Waals surface area contributed by atoms with Crippen molar-refractivity contribution in [3.8, 4) is 12.3 Å². The molecular formula is C13H16N2O3S. The van der Waals surface area contributed by atoms with Crippen LogP contribution in [-0.4, -0.2) is 41.1 Å². The fraction of sp³-hybridized carbons (Fsp3) is 0.385. The summed E-state index contributed by atoms with van der Waals surface area (Å²) in [4.78, 5) is 23.6. The van der Waals surface area contributed by atoms with Crippen molar-refractivity contribution in [2.24, 2.45) is 0 Å². The first-order chi connectivity index (χ1) is 9.02. The van der Waals surface area contributed by atoms with E-state index in [1.54, 1.807) is 11.3 Å². The Morgan fingerprint density at radius 3 is 2.89 bits per heavy atom. The van der Waals surface area contributed by atoms with Crippen molar-refractivity contribution in [2.45, 2.75) is 19.4 Å². The number of hydrogen-bond acceptors (Lipinski definition) is 3. The van der Waals surface area contributed by atoms with Gasteiger partial charge in [-0.15, -0.1) is 6.42 Å². The number of carboxylic acid groups (broad SMARTS) is 1. The van der Waals surface area contributed by atoms with E-state index in [4.69, 9.17) is 11.5 Å². The number of amides is 2. The number of carbonyl (C=O) groups excluding carboxylic acids is 1. The Bertz CT molecular complexity index is 465. The van der Waals surface area contributed by atoms with E-state index in [1.165, 1.54) is 0 Å². The molecule has 1 rings (SSSR count). The first-order valence-electron chi connectivity index (χ1n) is 5.74. The highest BCUT2D eigenvalue weighted by molar-refractivity contribution is 7.07. The normalized spacial score (nSPS) is 11.4. The molecule has 19 heavy (non-hydrogen) atoms. The van der Waals surface area contributed by atoms with E-state index in [-0.39, 0.29) is 12.6 Å². The van der Waals surface area contributed by atoms with Gasteiger partial charge in [-0.3, -0.25) is 4.79 Å². The molecule has 1 atom stereocenters. The minimum absolute atomic E-state index is 0.0245. The van der Waals surface area contributed by atoms with Crippen LogP contribution >= 0.6 is 11.3 Å². The van der Waals surface area contributed by atoms with Crippen molar-refractivity contribution in [1.29, 1.82) is 0 Å². The molecule has 0 spiro atoms. The molecule has 0 aliphatic carbocycles. The van der Waals surface area contributed by atoms with Gasteiger partial charge in [0.05, 0.1) is 6.54 Å². The molecule has 0 saturated heterocycles. The zero-order chi connectivity index (χ0) is 14.3. The van der Waals surface area contributed by atoms with Gasteiger partial charge in [0.1, 0.15) is 6.54 Å². The average molecular weight is 280 g/mol. The third kappa shape index (κ3) is 5.44. The van der Waals surface area contributed by atoms with Crippen LogP contribution in [0, 0.1) is 12.3 Å². The molecule has 1 aromatic rings. The average Bonchev–Trinajstić information content (AvgIpc) is 2.80. The van der Waals surface area contributed by atoms with Crippen LogP contribution in [0.5, 0.6) is 0 Å². The van der Waals surface area contributed by atoms with E-state index in [0.717, 1.165) is 10.5 Å². The Balaban J connectivity index is 2.51. The van der Waals surface area contributed by atoms with E-state index in [2.05, 4.69) is 11.2 Å². The Morgan fingerprint density at radius 2 is 2.37 bits per heavy atom. The lowest BCUT2D eigenvalue weighted by atomic mass is 10.1. The van der Waals surface area contributed by atoms with Gasteiger partial charge < -0.3 is 15.3 Å². The summed E-state index contributed by atoms with van der Waals surface area (Å²) in [6.45, 7) is 1.44. The highest BCUT2D eigenvalue weighted by Crippen LogP contribution is 2.08. The Morgan fingerprint density at radius 1 is 1.63 bits per heavy atom. The number of carboxylic acids is 1. The Kier molecular flexibility index (Phi) is 5.90. The fourth-order valence-electron chi connectivity index (χ4n) is 1.59. The van der Waals surface area contributed by atoms with Gasteiger partial charge in [-0.2, -0.15) is 11.3 Å². The summed E-state index contributed by atoms with van der Waals surface area (Å²) in [5.41, 5.74) is 1.14. The summed E-state index contributed by atoms with van der Waals surface area (Å²) in [7, 11) is 0.